The van der Waals surface area contributed by atoms with Crippen LogP contribution in [0.15, 0.2) is 22.9 Å². The number of thiazole rings is 1. The molecule has 18 heavy (non-hydrogen) atoms. The number of carbonyl (C=O) groups is 1. The molecule has 0 aromatic carbocycles. The molecule has 0 atom stereocenters. The summed E-state index contributed by atoms with van der Waals surface area (Å²) in [7, 11) is 0. The van der Waals surface area contributed by atoms with Crippen LogP contribution in [0, 0.1) is 0 Å². The van der Waals surface area contributed by atoms with E-state index in [1.807, 2.05) is 27.3 Å². The van der Waals surface area contributed by atoms with Gasteiger partial charge in [-0.15, -0.1) is 32.9 Å². The van der Waals surface area contributed by atoms with Gasteiger partial charge in [0.25, 0.3) is 0 Å². The summed E-state index contributed by atoms with van der Waals surface area (Å²) in [6, 6.07) is 4.03. The van der Waals surface area contributed by atoms with Gasteiger partial charge < -0.3 is 5.11 Å². The fraction of sp³-hybridized carbons (Fsp3) is 0.182. The van der Waals surface area contributed by atoms with E-state index in [1.54, 1.807) is 11.3 Å². The van der Waals surface area contributed by atoms with Crippen LogP contribution in [0.25, 0.3) is 15.5 Å². The van der Waals surface area contributed by atoms with E-state index in [4.69, 9.17) is 5.11 Å². The number of fused-ring (bicyclic) bond motifs is 1. The zero-order valence-corrected chi connectivity index (χ0v) is 10.9. The van der Waals surface area contributed by atoms with Crippen molar-refractivity contribution in [3.05, 3.63) is 28.7 Å². The fourth-order valence-electron chi connectivity index (χ4n) is 1.75. The van der Waals surface area contributed by atoms with Crippen LogP contribution in [0.2, 0.25) is 0 Å². The molecule has 0 saturated carbocycles. The van der Waals surface area contributed by atoms with Gasteiger partial charge in [0, 0.05) is 11.8 Å². The van der Waals surface area contributed by atoms with Crippen LogP contribution in [-0.2, 0) is 11.2 Å². The van der Waals surface area contributed by atoms with Crippen molar-refractivity contribution in [2.24, 2.45) is 0 Å². The summed E-state index contributed by atoms with van der Waals surface area (Å²) in [6.45, 7) is 0. The first-order valence-electron chi connectivity index (χ1n) is 5.33. The average Bonchev–Trinajstić information content (AvgIpc) is 3.03. The van der Waals surface area contributed by atoms with E-state index in [2.05, 4.69) is 10.2 Å². The molecule has 5 nitrogen and oxygen atoms in total. The van der Waals surface area contributed by atoms with Gasteiger partial charge in [0.15, 0.2) is 0 Å². The zero-order valence-electron chi connectivity index (χ0n) is 9.24. The molecule has 0 fully saturated rings. The smallest absolute Gasteiger partial charge is 0.303 e. The number of aliphatic carboxylic acids is 1. The van der Waals surface area contributed by atoms with Crippen molar-refractivity contribution in [1.29, 1.82) is 0 Å². The minimum atomic E-state index is -0.820. The van der Waals surface area contributed by atoms with Gasteiger partial charge in [-0.3, -0.25) is 9.20 Å². The summed E-state index contributed by atoms with van der Waals surface area (Å²) < 4.78 is 1.94. The lowest BCUT2D eigenvalue weighted by Crippen LogP contribution is -2.01. The molecule has 3 aromatic heterocycles. The third-order valence-electron chi connectivity index (χ3n) is 2.55. The lowest BCUT2D eigenvalue weighted by atomic mass is 10.3. The zero-order chi connectivity index (χ0) is 12.5. The largest absolute Gasteiger partial charge is 0.481 e. The molecule has 3 heterocycles. The summed E-state index contributed by atoms with van der Waals surface area (Å²) in [5, 5.41) is 20.9. The molecule has 92 valence electrons. The number of aromatic nitrogens is 3. The van der Waals surface area contributed by atoms with Crippen LogP contribution in [0.5, 0.6) is 0 Å². The second-order valence-corrected chi connectivity index (χ2v) is 5.51. The Morgan fingerprint density at radius 3 is 3.00 bits per heavy atom. The van der Waals surface area contributed by atoms with Crippen molar-refractivity contribution in [1.82, 2.24) is 14.6 Å². The first-order chi connectivity index (χ1) is 8.75. The highest BCUT2D eigenvalue weighted by atomic mass is 32.1. The van der Waals surface area contributed by atoms with Crippen LogP contribution in [0.1, 0.15) is 12.2 Å². The standard InChI is InChI=1S/C11H9N3O2S2/c15-10(16)4-3-9-12-13-11-14(9)7(6-18-11)8-2-1-5-17-8/h1-2,5-6H,3-4H2,(H,15,16). The highest BCUT2D eigenvalue weighted by molar-refractivity contribution is 7.16. The van der Waals surface area contributed by atoms with Crippen LogP contribution in [0.4, 0.5) is 0 Å². The van der Waals surface area contributed by atoms with Gasteiger partial charge >= 0.3 is 5.97 Å². The molecule has 7 heteroatoms. The van der Waals surface area contributed by atoms with E-state index >= 15 is 0 Å². The van der Waals surface area contributed by atoms with Gasteiger partial charge in [-0.2, -0.15) is 0 Å². The number of nitrogens with zero attached hydrogens (tertiary/aromatic N) is 3. The Balaban J connectivity index is 2.05. The van der Waals surface area contributed by atoms with Crippen molar-refractivity contribution < 1.29 is 9.90 Å². The number of carboxylic acid groups (broad SMARTS) is 1. The maximum atomic E-state index is 10.6. The number of rotatable bonds is 4. The topological polar surface area (TPSA) is 67.5 Å². The molecule has 0 amide bonds. The monoisotopic (exact) mass is 279 g/mol. The van der Waals surface area contributed by atoms with Gasteiger partial charge in [-0.25, -0.2) is 0 Å². The Labute approximate surface area is 110 Å². The second kappa shape index (κ2) is 4.51. The summed E-state index contributed by atoms with van der Waals surface area (Å²) >= 11 is 3.16. The maximum Gasteiger partial charge on any atom is 0.303 e. The van der Waals surface area contributed by atoms with E-state index in [0.717, 1.165) is 15.5 Å². The third-order valence-corrected chi connectivity index (χ3v) is 4.26. The molecule has 0 radical (unpaired) electrons. The van der Waals surface area contributed by atoms with E-state index in [9.17, 15) is 4.79 Å². The lowest BCUT2D eigenvalue weighted by Gasteiger charge is -1.99. The van der Waals surface area contributed by atoms with E-state index in [1.165, 1.54) is 11.3 Å². The van der Waals surface area contributed by atoms with Gasteiger partial charge in [0.2, 0.25) is 4.96 Å². The molecule has 0 unspecified atom stereocenters. The summed E-state index contributed by atoms with van der Waals surface area (Å²) in [5.41, 5.74) is 1.04. The quantitative estimate of drug-likeness (QED) is 0.797. The fourth-order valence-corrected chi connectivity index (χ4v) is 3.41. The Morgan fingerprint density at radius 2 is 2.28 bits per heavy atom. The average molecular weight is 279 g/mol. The summed E-state index contributed by atoms with van der Waals surface area (Å²) in [4.78, 5) is 12.6. The first-order valence-corrected chi connectivity index (χ1v) is 7.09. The highest BCUT2D eigenvalue weighted by Gasteiger charge is 2.14. The second-order valence-electron chi connectivity index (χ2n) is 3.73. The Morgan fingerprint density at radius 1 is 1.39 bits per heavy atom. The summed E-state index contributed by atoms with van der Waals surface area (Å²) in [5.74, 6) is -0.114. The highest BCUT2D eigenvalue weighted by Crippen LogP contribution is 2.29. The molecule has 0 aliphatic carbocycles. The SMILES string of the molecule is O=C(O)CCc1nnc2scc(-c3cccs3)n12. The van der Waals surface area contributed by atoms with Crippen LogP contribution < -0.4 is 0 Å². The van der Waals surface area contributed by atoms with Gasteiger partial charge in [0.05, 0.1) is 17.0 Å². The number of carboxylic acids is 1. The number of hydrogen-bond acceptors (Lipinski definition) is 5. The number of aryl methyl sites for hydroxylation is 1. The molecule has 0 spiro atoms. The minimum absolute atomic E-state index is 0.0700. The van der Waals surface area contributed by atoms with Crippen molar-refractivity contribution >= 4 is 33.6 Å². The third kappa shape index (κ3) is 1.91. The van der Waals surface area contributed by atoms with E-state index in [-0.39, 0.29) is 6.42 Å². The van der Waals surface area contributed by atoms with Crippen molar-refractivity contribution in [3.63, 3.8) is 0 Å². The Hall–Kier alpha value is -1.73. The maximum absolute atomic E-state index is 10.6. The van der Waals surface area contributed by atoms with Crippen LogP contribution >= 0.6 is 22.7 Å². The predicted molar refractivity (Wildman–Crippen MR) is 70.1 cm³/mol. The van der Waals surface area contributed by atoms with Gasteiger partial charge in [-0.05, 0) is 11.4 Å². The van der Waals surface area contributed by atoms with Gasteiger partial charge in [-0.1, -0.05) is 6.07 Å². The molecular formula is C11H9N3O2S2. The molecule has 0 aliphatic heterocycles. The molecule has 1 N–H and O–H groups in total. The minimum Gasteiger partial charge on any atom is -0.481 e. The Kier molecular flexibility index (Phi) is 2.85. The predicted octanol–water partition coefficient (Wildman–Crippen LogP) is 2.54. The Bertz CT molecular complexity index is 684. The molecule has 0 aliphatic rings. The number of thiophene rings is 1. The lowest BCUT2D eigenvalue weighted by molar-refractivity contribution is -0.137. The molecule has 0 saturated heterocycles. The van der Waals surface area contributed by atoms with E-state index in [0.29, 0.717) is 12.2 Å². The number of hydrogen-bond donors (Lipinski definition) is 1. The summed E-state index contributed by atoms with van der Waals surface area (Å²) in [6.07, 6.45) is 0.464. The van der Waals surface area contributed by atoms with Crippen molar-refractivity contribution in [2.45, 2.75) is 12.8 Å². The first kappa shape index (κ1) is 11.4. The van der Waals surface area contributed by atoms with E-state index < -0.39 is 5.97 Å². The van der Waals surface area contributed by atoms with Crippen LogP contribution in [-0.4, -0.2) is 25.7 Å². The molecular weight excluding hydrogens is 270 g/mol. The van der Waals surface area contributed by atoms with Crippen molar-refractivity contribution in [3.8, 4) is 10.6 Å². The molecule has 3 aromatic rings. The molecule has 3 rings (SSSR count). The molecule has 0 bridgehead atoms. The van der Waals surface area contributed by atoms with Crippen molar-refractivity contribution in [2.75, 3.05) is 0 Å². The normalized spacial score (nSPS) is 11.1. The van der Waals surface area contributed by atoms with Crippen LogP contribution in [0.3, 0.4) is 0 Å². The van der Waals surface area contributed by atoms with Gasteiger partial charge in [0.1, 0.15) is 5.82 Å².